The maximum atomic E-state index is 14.9. The van der Waals surface area contributed by atoms with Gasteiger partial charge in [-0.1, -0.05) is 18.5 Å². The van der Waals surface area contributed by atoms with Gasteiger partial charge >= 0.3 is 12.4 Å². The molecule has 2 aliphatic rings. The summed E-state index contributed by atoms with van der Waals surface area (Å²) in [6, 6.07) is 3.52. The van der Waals surface area contributed by atoms with E-state index in [1.54, 1.807) is 25.9 Å². The van der Waals surface area contributed by atoms with Gasteiger partial charge in [0.1, 0.15) is 17.2 Å². The molecular formula is C35H40F6N4O6. The van der Waals surface area contributed by atoms with Gasteiger partial charge in [0.2, 0.25) is 5.60 Å². The topological polar surface area (TPSA) is 107 Å². The van der Waals surface area contributed by atoms with Crippen LogP contribution in [0.2, 0.25) is 0 Å². The van der Waals surface area contributed by atoms with E-state index in [0.29, 0.717) is 37.5 Å². The number of carbonyl (C=O) groups excluding carboxylic acids is 2. The highest BCUT2D eigenvalue weighted by molar-refractivity contribution is 5.97. The number of aromatic nitrogens is 2. The highest BCUT2D eigenvalue weighted by Gasteiger charge is 2.56. The minimum Gasteiger partial charge on any atom is -0.475 e. The van der Waals surface area contributed by atoms with Crippen molar-refractivity contribution < 1.29 is 54.7 Å². The molecule has 2 aromatic heterocycles. The van der Waals surface area contributed by atoms with Gasteiger partial charge in [0.25, 0.3) is 11.8 Å². The fourth-order valence-corrected chi connectivity index (χ4v) is 7.10. The van der Waals surface area contributed by atoms with Crippen LogP contribution in [0.15, 0.2) is 47.2 Å². The van der Waals surface area contributed by atoms with Gasteiger partial charge in [-0.3, -0.25) is 14.6 Å². The molecule has 16 heteroatoms. The molecule has 1 unspecified atom stereocenters. The average molecular weight is 727 g/mol. The number of pyridine rings is 1. The quantitative estimate of drug-likeness (QED) is 0.148. The Hall–Kier alpha value is -4.18. The fourth-order valence-electron chi connectivity index (χ4n) is 7.10. The Bertz CT molecular complexity index is 1660. The van der Waals surface area contributed by atoms with Crippen molar-refractivity contribution in [1.82, 2.24) is 19.9 Å². The van der Waals surface area contributed by atoms with Gasteiger partial charge in [0, 0.05) is 57.0 Å². The molecule has 2 fully saturated rings. The molecule has 2 aliphatic heterocycles. The highest BCUT2D eigenvalue weighted by Crippen LogP contribution is 2.42. The molecule has 0 aliphatic carbocycles. The van der Waals surface area contributed by atoms with Crippen molar-refractivity contribution in [2.75, 3.05) is 40.0 Å². The fraction of sp³-hybridized carbons (Fsp3) is 0.543. The van der Waals surface area contributed by atoms with Crippen LogP contribution < -0.4 is 4.74 Å². The number of benzene rings is 1. The van der Waals surface area contributed by atoms with Crippen LogP contribution in [-0.2, 0) is 33.2 Å². The number of aryl methyl sites for hydroxylation is 1. The monoisotopic (exact) mass is 726 g/mol. The molecule has 0 radical (unpaired) electrons. The predicted molar refractivity (Wildman–Crippen MR) is 170 cm³/mol. The average Bonchev–Trinajstić information content (AvgIpc) is 3.72. The van der Waals surface area contributed by atoms with Gasteiger partial charge in [-0.15, -0.1) is 0 Å². The second-order valence-corrected chi connectivity index (χ2v) is 12.7. The SMILES string of the molecule is CCC[C@H]1N(C(=O)c2cnccc2C(F)(F)F)CCC[C@@]1(Oc1ccc(C(F)(F)F)cc1)C(=O)N1CCC(c2c(COCCOC)noc2C)C1. The van der Waals surface area contributed by atoms with Crippen molar-refractivity contribution in [2.45, 2.75) is 82.5 Å². The number of methoxy groups -OCH3 is 1. The minimum absolute atomic E-state index is 0.0238. The maximum absolute atomic E-state index is 14.9. The molecule has 2 saturated heterocycles. The molecule has 3 aromatic rings. The summed E-state index contributed by atoms with van der Waals surface area (Å²) < 4.78 is 105. The standard InChI is InChI=1S/C35H40F6N4O6/c1-4-6-29-33(50-25-9-7-24(8-10-25)34(36,37)38,13-5-15-45(29)31(46)26-19-42-14-11-27(26)35(39,40)41)32(47)44-16-12-23(20-44)30-22(2)51-43-28(30)21-49-18-17-48-3/h7-11,14,19,23,29H,4-6,12-13,15-18,20-21H2,1-3H3/t23?,29-,33+/m1/s1. The van der Waals surface area contributed by atoms with Gasteiger partial charge in [-0.2, -0.15) is 26.3 Å². The van der Waals surface area contributed by atoms with Crippen LogP contribution >= 0.6 is 0 Å². The summed E-state index contributed by atoms with van der Waals surface area (Å²) in [6.07, 6.45) is -6.36. The van der Waals surface area contributed by atoms with Crippen molar-refractivity contribution in [3.63, 3.8) is 0 Å². The summed E-state index contributed by atoms with van der Waals surface area (Å²) in [5.41, 5.74) is -3.23. The largest absolute Gasteiger partial charge is 0.475 e. The first-order valence-electron chi connectivity index (χ1n) is 16.7. The van der Waals surface area contributed by atoms with E-state index in [0.717, 1.165) is 48.3 Å². The normalized spacial score (nSPS) is 21.3. The molecule has 278 valence electrons. The van der Waals surface area contributed by atoms with Crippen LogP contribution in [0, 0.1) is 6.92 Å². The molecule has 51 heavy (non-hydrogen) atoms. The van der Waals surface area contributed by atoms with E-state index >= 15 is 0 Å². The second kappa shape index (κ2) is 15.6. The van der Waals surface area contributed by atoms with Crippen molar-refractivity contribution in [3.05, 3.63) is 76.4 Å². The number of likely N-dealkylation sites (tertiary alicyclic amines) is 2. The van der Waals surface area contributed by atoms with Crippen LogP contribution in [0.3, 0.4) is 0 Å². The number of hydrogen-bond donors (Lipinski definition) is 0. The first kappa shape index (κ1) is 38.1. The Kier molecular flexibility index (Phi) is 11.6. The molecule has 5 rings (SSSR count). The molecule has 0 saturated carbocycles. The molecular weight excluding hydrogens is 686 g/mol. The zero-order valence-corrected chi connectivity index (χ0v) is 28.5. The number of carbonyl (C=O) groups is 2. The molecule has 2 amide bonds. The number of alkyl halides is 6. The van der Waals surface area contributed by atoms with E-state index in [1.807, 2.05) is 0 Å². The Morgan fingerprint density at radius 3 is 2.45 bits per heavy atom. The number of piperidine rings is 1. The molecule has 0 N–H and O–H groups in total. The third-order valence-electron chi connectivity index (χ3n) is 9.42. The van der Waals surface area contributed by atoms with Gasteiger partial charge in [0.15, 0.2) is 0 Å². The summed E-state index contributed by atoms with van der Waals surface area (Å²) in [7, 11) is 1.55. The van der Waals surface area contributed by atoms with Crippen LogP contribution in [0.4, 0.5) is 26.3 Å². The number of amides is 2. The predicted octanol–water partition coefficient (Wildman–Crippen LogP) is 6.82. The van der Waals surface area contributed by atoms with E-state index in [9.17, 15) is 35.9 Å². The Balaban J connectivity index is 1.52. The smallest absolute Gasteiger partial charge is 0.417 e. The van der Waals surface area contributed by atoms with E-state index in [-0.39, 0.29) is 57.2 Å². The Morgan fingerprint density at radius 1 is 1.04 bits per heavy atom. The van der Waals surface area contributed by atoms with E-state index in [1.165, 1.54) is 4.90 Å². The summed E-state index contributed by atoms with van der Waals surface area (Å²) >= 11 is 0. The van der Waals surface area contributed by atoms with Crippen LogP contribution in [0.5, 0.6) is 5.75 Å². The number of rotatable bonds is 12. The number of halogens is 6. The lowest BCUT2D eigenvalue weighted by Crippen LogP contribution is -2.67. The lowest BCUT2D eigenvalue weighted by atomic mass is 9.79. The van der Waals surface area contributed by atoms with Crippen molar-refractivity contribution in [2.24, 2.45) is 0 Å². The minimum atomic E-state index is -4.86. The summed E-state index contributed by atoms with van der Waals surface area (Å²) in [6.45, 7) is 4.93. The second-order valence-electron chi connectivity index (χ2n) is 12.7. The lowest BCUT2D eigenvalue weighted by Gasteiger charge is -2.49. The van der Waals surface area contributed by atoms with E-state index < -0.39 is 52.5 Å². The molecule has 0 spiro atoms. The maximum Gasteiger partial charge on any atom is 0.417 e. The number of ether oxygens (including phenoxy) is 3. The third-order valence-corrected chi connectivity index (χ3v) is 9.42. The molecule has 3 atom stereocenters. The third kappa shape index (κ3) is 8.16. The van der Waals surface area contributed by atoms with Gasteiger partial charge < -0.3 is 28.5 Å². The van der Waals surface area contributed by atoms with Crippen molar-refractivity contribution in [3.8, 4) is 5.75 Å². The molecule has 10 nitrogen and oxygen atoms in total. The van der Waals surface area contributed by atoms with Crippen molar-refractivity contribution in [1.29, 1.82) is 0 Å². The number of hydrogen-bond acceptors (Lipinski definition) is 8. The summed E-state index contributed by atoms with van der Waals surface area (Å²) in [5.74, 6) is -1.19. The zero-order valence-electron chi connectivity index (χ0n) is 28.5. The summed E-state index contributed by atoms with van der Waals surface area (Å²) in [4.78, 5) is 35.5. The first-order chi connectivity index (χ1) is 24.2. The lowest BCUT2D eigenvalue weighted by molar-refractivity contribution is -0.158. The Morgan fingerprint density at radius 2 is 1.78 bits per heavy atom. The first-order valence-corrected chi connectivity index (χ1v) is 16.7. The zero-order chi connectivity index (χ0) is 37.0. The summed E-state index contributed by atoms with van der Waals surface area (Å²) in [5, 5.41) is 4.15. The molecule has 0 bridgehead atoms. The molecule has 4 heterocycles. The molecule has 1 aromatic carbocycles. The van der Waals surface area contributed by atoms with Crippen LogP contribution in [-0.4, -0.2) is 83.4 Å². The van der Waals surface area contributed by atoms with Crippen LogP contribution in [0.1, 0.15) is 83.4 Å². The Labute approximate surface area is 291 Å². The van der Waals surface area contributed by atoms with Crippen molar-refractivity contribution >= 4 is 11.8 Å². The van der Waals surface area contributed by atoms with E-state index in [2.05, 4.69) is 10.1 Å². The van der Waals surface area contributed by atoms with Gasteiger partial charge in [0.05, 0.1) is 42.6 Å². The van der Waals surface area contributed by atoms with Crippen LogP contribution in [0.25, 0.3) is 0 Å². The van der Waals surface area contributed by atoms with Gasteiger partial charge in [-0.25, -0.2) is 0 Å². The highest BCUT2D eigenvalue weighted by atomic mass is 19.4. The van der Waals surface area contributed by atoms with E-state index in [4.69, 9.17) is 18.7 Å². The number of nitrogens with zero attached hydrogens (tertiary/aromatic N) is 4. The van der Waals surface area contributed by atoms with Gasteiger partial charge in [-0.05, 0) is 56.5 Å².